The lowest BCUT2D eigenvalue weighted by atomic mass is 10.1. The smallest absolute Gasteiger partial charge is 0.186 e. The van der Waals surface area contributed by atoms with Gasteiger partial charge in [-0.3, -0.25) is 4.79 Å². The number of halogens is 1. The summed E-state index contributed by atoms with van der Waals surface area (Å²) in [6.07, 6.45) is 3.48. The third-order valence-electron chi connectivity index (χ3n) is 2.64. The van der Waals surface area contributed by atoms with Crippen molar-refractivity contribution >= 4 is 34.5 Å². The molecule has 0 heterocycles. The van der Waals surface area contributed by atoms with E-state index in [0.717, 1.165) is 14.7 Å². The number of benzene rings is 2. The largest absolute Gasteiger partial charge is 0.289 e. The molecule has 0 aliphatic rings. The minimum absolute atomic E-state index is 0.0422. The third-order valence-corrected chi connectivity index (χ3v) is 3.58. The molecule has 0 spiro atoms. The summed E-state index contributed by atoms with van der Waals surface area (Å²) in [5.41, 5.74) is 3.01. The van der Waals surface area contributed by atoms with Crippen LogP contribution in [-0.4, -0.2) is 5.78 Å². The Labute approximate surface area is 121 Å². The van der Waals surface area contributed by atoms with Gasteiger partial charge in [0.1, 0.15) is 0 Å². The SMILES string of the molecule is Cc1ccc(/C=C/C(=O)c2ccccc2I)cc1. The molecule has 2 aromatic carbocycles. The Balaban J connectivity index is 2.17. The fraction of sp³-hybridized carbons (Fsp3) is 0.0625. The van der Waals surface area contributed by atoms with Crippen LogP contribution in [0.25, 0.3) is 6.08 Å². The van der Waals surface area contributed by atoms with Crippen molar-refractivity contribution in [3.8, 4) is 0 Å². The van der Waals surface area contributed by atoms with Gasteiger partial charge in [0.25, 0.3) is 0 Å². The molecule has 2 heteroatoms. The Kier molecular flexibility index (Phi) is 4.31. The molecule has 0 N–H and O–H groups in total. The fourth-order valence-electron chi connectivity index (χ4n) is 1.60. The second-order valence-electron chi connectivity index (χ2n) is 4.09. The van der Waals surface area contributed by atoms with Crippen LogP contribution in [0.3, 0.4) is 0 Å². The summed E-state index contributed by atoms with van der Waals surface area (Å²) in [6, 6.07) is 15.7. The highest BCUT2D eigenvalue weighted by molar-refractivity contribution is 14.1. The van der Waals surface area contributed by atoms with E-state index in [4.69, 9.17) is 0 Å². The Hall–Kier alpha value is -1.42. The number of ketones is 1. The van der Waals surface area contributed by atoms with Crippen molar-refractivity contribution in [3.63, 3.8) is 0 Å². The first-order chi connectivity index (χ1) is 8.66. The van der Waals surface area contributed by atoms with Crippen LogP contribution < -0.4 is 0 Å². The second kappa shape index (κ2) is 5.96. The lowest BCUT2D eigenvalue weighted by Crippen LogP contribution is -1.96. The number of allylic oxidation sites excluding steroid dienone is 1. The Morgan fingerprint density at radius 3 is 2.39 bits per heavy atom. The Morgan fingerprint density at radius 2 is 1.72 bits per heavy atom. The van der Waals surface area contributed by atoms with Crippen molar-refractivity contribution in [2.75, 3.05) is 0 Å². The van der Waals surface area contributed by atoms with E-state index < -0.39 is 0 Å². The van der Waals surface area contributed by atoms with E-state index in [9.17, 15) is 4.79 Å². The minimum atomic E-state index is 0.0422. The predicted octanol–water partition coefficient (Wildman–Crippen LogP) is 4.50. The van der Waals surface area contributed by atoms with Crippen LogP contribution in [0.5, 0.6) is 0 Å². The van der Waals surface area contributed by atoms with Crippen LogP contribution >= 0.6 is 22.6 Å². The van der Waals surface area contributed by atoms with Gasteiger partial charge in [-0.2, -0.15) is 0 Å². The van der Waals surface area contributed by atoms with Gasteiger partial charge in [-0.05, 0) is 53.3 Å². The molecule has 0 unspecified atom stereocenters. The lowest BCUT2D eigenvalue weighted by Gasteiger charge is -1.99. The topological polar surface area (TPSA) is 17.1 Å². The van der Waals surface area contributed by atoms with Crippen LogP contribution in [-0.2, 0) is 0 Å². The van der Waals surface area contributed by atoms with E-state index >= 15 is 0 Å². The number of aryl methyl sites for hydroxylation is 1. The number of carbonyl (C=O) groups excluding carboxylic acids is 1. The maximum absolute atomic E-state index is 12.0. The van der Waals surface area contributed by atoms with Crippen LogP contribution in [0.4, 0.5) is 0 Å². The van der Waals surface area contributed by atoms with E-state index in [1.165, 1.54) is 5.56 Å². The third kappa shape index (κ3) is 3.29. The molecule has 90 valence electrons. The summed E-state index contributed by atoms with van der Waals surface area (Å²) >= 11 is 2.18. The highest BCUT2D eigenvalue weighted by Crippen LogP contribution is 2.13. The van der Waals surface area contributed by atoms with Crippen molar-refractivity contribution in [3.05, 3.63) is 74.9 Å². The fourth-order valence-corrected chi connectivity index (χ4v) is 2.25. The molecule has 0 atom stereocenters. The second-order valence-corrected chi connectivity index (χ2v) is 5.25. The van der Waals surface area contributed by atoms with Gasteiger partial charge in [0.05, 0.1) is 0 Å². The van der Waals surface area contributed by atoms with Crippen molar-refractivity contribution in [2.24, 2.45) is 0 Å². The summed E-state index contributed by atoms with van der Waals surface area (Å²) in [5, 5.41) is 0. The number of rotatable bonds is 3. The van der Waals surface area contributed by atoms with Gasteiger partial charge < -0.3 is 0 Å². The highest BCUT2D eigenvalue weighted by Gasteiger charge is 2.04. The Bertz CT molecular complexity index is 582. The van der Waals surface area contributed by atoms with Crippen molar-refractivity contribution < 1.29 is 4.79 Å². The molecular weight excluding hydrogens is 335 g/mol. The lowest BCUT2D eigenvalue weighted by molar-refractivity contribution is 0.104. The molecule has 0 aliphatic carbocycles. The molecule has 0 aliphatic heterocycles. The maximum atomic E-state index is 12.0. The highest BCUT2D eigenvalue weighted by atomic mass is 127. The summed E-state index contributed by atoms with van der Waals surface area (Å²) in [6.45, 7) is 2.05. The van der Waals surface area contributed by atoms with Gasteiger partial charge in [-0.1, -0.05) is 48.0 Å². The Morgan fingerprint density at radius 1 is 1.06 bits per heavy atom. The van der Waals surface area contributed by atoms with Crippen molar-refractivity contribution in [2.45, 2.75) is 6.92 Å². The molecule has 0 radical (unpaired) electrons. The monoisotopic (exact) mass is 348 g/mol. The van der Waals surface area contributed by atoms with E-state index in [1.807, 2.05) is 61.5 Å². The van der Waals surface area contributed by atoms with Crippen molar-refractivity contribution in [1.82, 2.24) is 0 Å². The zero-order valence-electron chi connectivity index (χ0n) is 10.1. The van der Waals surface area contributed by atoms with Gasteiger partial charge in [0, 0.05) is 9.13 Å². The summed E-state index contributed by atoms with van der Waals surface area (Å²) in [5.74, 6) is 0.0422. The first-order valence-corrected chi connectivity index (χ1v) is 6.78. The van der Waals surface area contributed by atoms with E-state index in [2.05, 4.69) is 22.6 Å². The molecule has 1 nitrogen and oxygen atoms in total. The van der Waals surface area contributed by atoms with Gasteiger partial charge in [-0.25, -0.2) is 0 Å². The first kappa shape index (κ1) is 13.0. The molecule has 0 amide bonds. The minimum Gasteiger partial charge on any atom is -0.289 e. The van der Waals surface area contributed by atoms with Crippen LogP contribution in [0.2, 0.25) is 0 Å². The zero-order chi connectivity index (χ0) is 13.0. The van der Waals surface area contributed by atoms with Crippen LogP contribution in [0.1, 0.15) is 21.5 Å². The molecule has 0 fully saturated rings. The van der Waals surface area contributed by atoms with E-state index in [1.54, 1.807) is 6.08 Å². The van der Waals surface area contributed by atoms with Gasteiger partial charge >= 0.3 is 0 Å². The van der Waals surface area contributed by atoms with Crippen LogP contribution in [0.15, 0.2) is 54.6 Å². The molecular formula is C16H13IO. The van der Waals surface area contributed by atoms with Crippen LogP contribution in [0, 0.1) is 10.5 Å². The average Bonchev–Trinajstić information content (AvgIpc) is 2.38. The number of hydrogen-bond acceptors (Lipinski definition) is 1. The quantitative estimate of drug-likeness (QED) is 0.454. The first-order valence-electron chi connectivity index (χ1n) is 5.70. The average molecular weight is 348 g/mol. The van der Waals surface area contributed by atoms with E-state index in [0.29, 0.717) is 0 Å². The molecule has 0 saturated heterocycles. The van der Waals surface area contributed by atoms with Gasteiger partial charge in [-0.15, -0.1) is 0 Å². The number of hydrogen-bond donors (Lipinski definition) is 0. The molecule has 0 aromatic heterocycles. The normalized spacial score (nSPS) is 10.8. The molecule has 18 heavy (non-hydrogen) atoms. The van der Waals surface area contributed by atoms with E-state index in [-0.39, 0.29) is 5.78 Å². The predicted molar refractivity (Wildman–Crippen MR) is 83.7 cm³/mol. The number of carbonyl (C=O) groups is 1. The van der Waals surface area contributed by atoms with Gasteiger partial charge in [0.2, 0.25) is 0 Å². The van der Waals surface area contributed by atoms with Crippen molar-refractivity contribution in [1.29, 1.82) is 0 Å². The summed E-state index contributed by atoms with van der Waals surface area (Å²) in [7, 11) is 0. The van der Waals surface area contributed by atoms with Gasteiger partial charge in [0.15, 0.2) is 5.78 Å². The summed E-state index contributed by atoms with van der Waals surface area (Å²) in [4.78, 5) is 12.0. The molecule has 2 aromatic rings. The summed E-state index contributed by atoms with van der Waals surface area (Å²) < 4.78 is 0.980. The molecule has 0 saturated carbocycles. The molecule has 0 bridgehead atoms. The molecule has 2 rings (SSSR count). The zero-order valence-corrected chi connectivity index (χ0v) is 12.2. The maximum Gasteiger partial charge on any atom is 0.186 e. The standard InChI is InChI=1S/C16H13IO/c1-12-6-8-13(9-7-12)10-11-16(18)14-4-2-3-5-15(14)17/h2-11H,1H3/b11-10+.